The van der Waals surface area contributed by atoms with Gasteiger partial charge >= 0.3 is 5.97 Å². The van der Waals surface area contributed by atoms with E-state index in [0.29, 0.717) is 22.8 Å². The number of hydrogen-bond acceptors (Lipinski definition) is 2. The van der Waals surface area contributed by atoms with Crippen molar-refractivity contribution < 1.29 is 14.3 Å². The Bertz CT molecular complexity index is 610. The third kappa shape index (κ3) is 2.51. The van der Waals surface area contributed by atoms with E-state index < -0.39 is 11.8 Å². The fourth-order valence-electron chi connectivity index (χ4n) is 1.63. The molecule has 0 amide bonds. The van der Waals surface area contributed by atoms with Crippen LogP contribution in [0.1, 0.15) is 21.6 Å². The van der Waals surface area contributed by atoms with Crippen molar-refractivity contribution in [1.82, 2.24) is 9.78 Å². The molecule has 0 spiro atoms. The van der Waals surface area contributed by atoms with Crippen LogP contribution in [0.15, 0.2) is 24.4 Å². The summed E-state index contributed by atoms with van der Waals surface area (Å²) in [4.78, 5) is 10.9. The van der Waals surface area contributed by atoms with Gasteiger partial charge in [-0.3, -0.25) is 4.68 Å². The lowest BCUT2D eigenvalue weighted by Gasteiger charge is -2.04. The third-order valence-corrected chi connectivity index (χ3v) is 2.88. The molecule has 2 aromatic rings. The van der Waals surface area contributed by atoms with Crippen molar-refractivity contribution in [2.75, 3.05) is 0 Å². The van der Waals surface area contributed by atoms with E-state index >= 15 is 0 Å². The predicted octanol–water partition coefficient (Wildman–Crippen LogP) is 2.73. The van der Waals surface area contributed by atoms with Crippen molar-refractivity contribution in [3.8, 4) is 0 Å². The number of rotatable bonds is 3. The van der Waals surface area contributed by atoms with Crippen LogP contribution in [0.5, 0.6) is 0 Å². The molecule has 0 unspecified atom stereocenters. The fraction of sp³-hybridized carbons (Fsp3) is 0.167. The first-order valence-corrected chi connectivity index (χ1v) is 5.56. The standard InChI is InChI=1S/C12H10ClFN2O2/c1-7-10(12(17)18)6-16(15-7)5-8-2-3-9(14)4-11(8)13/h2-4,6H,5H2,1H3,(H,17,18). The highest BCUT2D eigenvalue weighted by Gasteiger charge is 2.12. The first kappa shape index (κ1) is 12.6. The zero-order valence-corrected chi connectivity index (χ0v) is 10.3. The molecule has 1 aromatic carbocycles. The number of nitrogens with zero attached hydrogens (tertiary/aromatic N) is 2. The lowest BCUT2D eigenvalue weighted by molar-refractivity contribution is 0.0696. The van der Waals surface area contributed by atoms with Crippen LogP contribution in [0.2, 0.25) is 5.02 Å². The molecule has 18 heavy (non-hydrogen) atoms. The number of aromatic carboxylic acids is 1. The van der Waals surface area contributed by atoms with Gasteiger partial charge in [-0.2, -0.15) is 5.10 Å². The van der Waals surface area contributed by atoms with Gasteiger partial charge in [0.25, 0.3) is 0 Å². The molecule has 2 rings (SSSR count). The van der Waals surface area contributed by atoms with E-state index in [9.17, 15) is 9.18 Å². The molecule has 0 saturated carbocycles. The lowest BCUT2D eigenvalue weighted by Crippen LogP contribution is -2.01. The van der Waals surface area contributed by atoms with E-state index in [4.69, 9.17) is 16.7 Å². The van der Waals surface area contributed by atoms with E-state index in [1.54, 1.807) is 13.0 Å². The average Bonchev–Trinajstić information content (AvgIpc) is 2.64. The minimum Gasteiger partial charge on any atom is -0.478 e. The van der Waals surface area contributed by atoms with Gasteiger partial charge in [0.05, 0.1) is 12.2 Å². The van der Waals surface area contributed by atoms with Crippen LogP contribution in [-0.4, -0.2) is 20.9 Å². The highest BCUT2D eigenvalue weighted by Crippen LogP contribution is 2.18. The van der Waals surface area contributed by atoms with Gasteiger partial charge in [0.15, 0.2) is 0 Å². The maximum Gasteiger partial charge on any atom is 0.339 e. The van der Waals surface area contributed by atoms with Crippen molar-refractivity contribution in [2.24, 2.45) is 0 Å². The van der Waals surface area contributed by atoms with Gasteiger partial charge in [0, 0.05) is 11.2 Å². The molecule has 0 aliphatic carbocycles. The summed E-state index contributed by atoms with van der Waals surface area (Å²) < 4.78 is 14.3. The fourth-order valence-corrected chi connectivity index (χ4v) is 1.86. The van der Waals surface area contributed by atoms with Gasteiger partial charge in [-0.15, -0.1) is 0 Å². The van der Waals surface area contributed by atoms with Crippen molar-refractivity contribution in [3.05, 3.63) is 52.1 Å². The van der Waals surface area contributed by atoms with Crippen molar-refractivity contribution in [1.29, 1.82) is 0 Å². The minimum atomic E-state index is -1.02. The zero-order valence-electron chi connectivity index (χ0n) is 9.52. The molecular weight excluding hydrogens is 259 g/mol. The van der Waals surface area contributed by atoms with Crippen LogP contribution in [0.4, 0.5) is 4.39 Å². The summed E-state index contributed by atoms with van der Waals surface area (Å²) in [5.41, 5.74) is 1.26. The highest BCUT2D eigenvalue weighted by molar-refractivity contribution is 6.31. The molecule has 94 valence electrons. The van der Waals surface area contributed by atoms with Crippen LogP contribution < -0.4 is 0 Å². The lowest BCUT2D eigenvalue weighted by atomic mass is 10.2. The second-order valence-electron chi connectivity index (χ2n) is 3.87. The first-order chi connectivity index (χ1) is 8.47. The Balaban J connectivity index is 2.29. The molecule has 1 heterocycles. The Labute approximate surface area is 108 Å². The number of aromatic nitrogens is 2. The summed E-state index contributed by atoms with van der Waals surface area (Å²) in [6, 6.07) is 4.07. The second-order valence-corrected chi connectivity index (χ2v) is 4.27. The van der Waals surface area contributed by atoms with E-state index in [1.165, 1.54) is 23.0 Å². The van der Waals surface area contributed by atoms with Gasteiger partial charge < -0.3 is 5.11 Å². The highest BCUT2D eigenvalue weighted by atomic mass is 35.5. The Hall–Kier alpha value is -1.88. The molecule has 0 atom stereocenters. The first-order valence-electron chi connectivity index (χ1n) is 5.18. The molecule has 0 fully saturated rings. The summed E-state index contributed by atoms with van der Waals surface area (Å²) in [7, 11) is 0. The molecule has 1 N–H and O–H groups in total. The van der Waals surface area contributed by atoms with E-state index in [0.717, 1.165) is 0 Å². The number of carboxylic acid groups (broad SMARTS) is 1. The number of aryl methyl sites for hydroxylation is 1. The molecule has 6 heteroatoms. The monoisotopic (exact) mass is 268 g/mol. The third-order valence-electron chi connectivity index (χ3n) is 2.52. The number of halogens is 2. The van der Waals surface area contributed by atoms with Crippen molar-refractivity contribution in [3.63, 3.8) is 0 Å². The summed E-state index contributed by atoms with van der Waals surface area (Å²) in [5.74, 6) is -1.43. The number of carboxylic acids is 1. The Morgan fingerprint density at radius 2 is 2.28 bits per heavy atom. The van der Waals surface area contributed by atoms with Gasteiger partial charge in [-0.1, -0.05) is 17.7 Å². The topological polar surface area (TPSA) is 55.1 Å². The molecule has 0 aliphatic rings. The number of benzene rings is 1. The Morgan fingerprint density at radius 1 is 1.56 bits per heavy atom. The van der Waals surface area contributed by atoms with E-state index in [2.05, 4.69) is 5.10 Å². The van der Waals surface area contributed by atoms with E-state index in [1.807, 2.05) is 0 Å². The molecule has 0 saturated heterocycles. The minimum absolute atomic E-state index is 0.147. The largest absolute Gasteiger partial charge is 0.478 e. The van der Waals surface area contributed by atoms with E-state index in [-0.39, 0.29) is 5.56 Å². The quantitative estimate of drug-likeness (QED) is 0.931. The summed E-state index contributed by atoms with van der Waals surface area (Å²) in [6.07, 6.45) is 1.43. The number of carbonyl (C=O) groups is 1. The summed E-state index contributed by atoms with van der Waals surface area (Å²) in [6.45, 7) is 1.92. The Kier molecular flexibility index (Phi) is 3.34. The second kappa shape index (κ2) is 4.78. The Morgan fingerprint density at radius 3 is 2.83 bits per heavy atom. The average molecular weight is 269 g/mol. The molecule has 0 radical (unpaired) electrons. The molecular formula is C12H10ClFN2O2. The van der Waals surface area contributed by atoms with Crippen molar-refractivity contribution in [2.45, 2.75) is 13.5 Å². The molecule has 0 bridgehead atoms. The smallest absolute Gasteiger partial charge is 0.339 e. The van der Waals surface area contributed by atoms with Crippen LogP contribution in [0, 0.1) is 12.7 Å². The van der Waals surface area contributed by atoms with Crippen LogP contribution in [-0.2, 0) is 6.54 Å². The molecule has 4 nitrogen and oxygen atoms in total. The summed E-state index contributed by atoms with van der Waals surface area (Å²) >= 11 is 5.89. The van der Waals surface area contributed by atoms with Crippen LogP contribution >= 0.6 is 11.6 Å². The normalized spacial score (nSPS) is 10.6. The van der Waals surface area contributed by atoms with Gasteiger partial charge in [-0.05, 0) is 24.6 Å². The maximum absolute atomic E-state index is 12.9. The van der Waals surface area contributed by atoms with Crippen LogP contribution in [0.25, 0.3) is 0 Å². The van der Waals surface area contributed by atoms with Gasteiger partial charge in [0.1, 0.15) is 11.4 Å². The zero-order chi connectivity index (χ0) is 13.3. The van der Waals surface area contributed by atoms with Gasteiger partial charge in [0.2, 0.25) is 0 Å². The van der Waals surface area contributed by atoms with Crippen LogP contribution in [0.3, 0.4) is 0 Å². The molecule has 0 aliphatic heterocycles. The molecule has 1 aromatic heterocycles. The van der Waals surface area contributed by atoms with Gasteiger partial charge in [-0.25, -0.2) is 9.18 Å². The SMILES string of the molecule is Cc1nn(Cc2ccc(F)cc2Cl)cc1C(=O)O. The summed E-state index contributed by atoms with van der Waals surface area (Å²) in [5, 5.41) is 13.3. The predicted molar refractivity (Wildman–Crippen MR) is 64.4 cm³/mol. The maximum atomic E-state index is 12.9. The van der Waals surface area contributed by atoms with Crippen molar-refractivity contribution >= 4 is 17.6 Å². The number of hydrogen-bond donors (Lipinski definition) is 1.